The summed E-state index contributed by atoms with van der Waals surface area (Å²) < 4.78 is 31.3. The quantitative estimate of drug-likeness (QED) is 0.443. The number of nitro benzene ring substituents is 1. The Morgan fingerprint density at radius 1 is 1.42 bits per heavy atom. The molecule has 0 fully saturated rings. The number of hydrogen-bond acceptors (Lipinski definition) is 6. The molecule has 0 spiro atoms. The lowest BCUT2D eigenvalue weighted by Gasteiger charge is -2.11. The van der Waals surface area contributed by atoms with Gasteiger partial charge in [0.15, 0.2) is 0 Å². The molecule has 0 saturated heterocycles. The molecule has 0 aliphatic carbocycles. The van der Waals surface area contributed by atoms with Gasteiger partial charge in [-0.3, -0.25) is 10.1 Å². The van der Waals surface area contributed by atoms with Gasteiger partial charge in [0.2, 0.25) is 0 Å². The number of aromatic nitrogens is 2. The average molecular weight is 352 g/mol. The van der Waals surface area contributed by atoms with Crippen molar-refractivity contribution in [3.63, 3.8) is 0 Å². The molecule has 2 aromatic rings. The summed E-state index contributed by atoms with van der Waals surface area (Å²) in [5.41, 5.74) is 1.13. The summed E-state index contributed by atoms with van der Waals surface area (Å²) in [6.07, 6.45) is 3.83. The Balaban J connectivity index is 2.51. The predicted molar refractivity (Wildman–Crippen MR) is 87.4 cm³/mol. The highest BCUT2D eigenvalue weighted by atomic mass is 32.2. The molecule has 0 radical (unpaired) electrons. The molecule has 9 nitrogen and oxygen atoms in total. The topological polar surface area (TPSA) is 108 Å². The fourth-order valence-electron chi connectivity index (χ4n) is 1.94. The van der Waals surface area contributed by atoms with E-state index < -0.39 is 15.1 Å². The van der Waals surface area contributed by atoms with Crippen LogP contribution in [0.4, 0.5) is 5.69 Å². The second-order valence-electron chi connectivity index (χ2n) is 4.95. The van der Waals surface area contributed by atoms with Gasteiger partial charge in [0.25, 0.3) is 5.69 Å². The van der Waals surface area contributed by atoms with Gasteiger partial charge in [0.05, 0.1) is 24.0 Å². The van der Waals surface area contributed by atoms with Crippen molar-refractivity contribution in [2.45, 2.75) is 0 Å². The normalized spacial score (nSPS) is 12.4. The third-order valence-electron chi connectivity index (χ3n) is 3.17. The third kappa shape index (κ3) is 3.44. The van der Waals surface area contributed by atoms with Crippen molar-refractivity contribution in [1.29, 1.82) is 0 Å². The summed E-state index contributed by atoms with van der Waals surface area (Å²) >= 11 is 0. The molecule has 0 saturated carbocycles. The smallest absolute Gasteiger partial charge is 0.308 e. The van der Waals surface area contributed by atoms with Crippen LogP contribution >= 0.6 is 0 Å². The van der Waals surface area contributed by atoms with Crippen LogP contribution in [-0.2, 0) is 14.9 Å². The molecule has 1 aromatic carbocycles. The zero-order valence-electron chi connectivity index (χ0n) is 13.3. The highest BCUT2D eigenvalue weighted by molar-refractivity contribution is 7.87. The van der Waals surface area contributed by atoms with Gasteiger partial charge in [-0.2, -0.15) is 12.7 Å². The number of nitro groups is 1. The summed E-state index contributed by atoms with van der Waals surface area (Å²) in [5, 5.41) is 10.9. The molecule has 0 atom stereocenters. The van der Waals surface area contributed by atoms with Crippen LogP contribution in [0.2, 0.25) is 0 Å². The fourth-order valence-corrected chi connectivity index (χ4v) is 2.72. The van der Waals surface area contributed by atoms with E-state index in [0.717, 1.165) is 14.6 Å². The second-order valence-corrected chi connectivity index (χ2v) is 7.00. The van der Waals surface area contributed by atoms with Crippen LogP contribution in [-0.4, -0.2) is 47.8 Å². The first-order valence-electron chi connectivity index (χ1n) is 6.72. The summed E-state index contributed by atoms with van der Waals surface area (Å²) in [5.74, 6) is 0. The van der Waals surface area contributed by atoms with E-state index in [4.69, 9.17) is 4.74 Å². The van der Waals surface area contributed by atoms with Crippen LogP contribution in [0.25, 0.3) is 5.57 Å². The number of rotatable bonds is 6. The molecule has 10 heteroatoms. The van der Waals surface area contributed by atoms with Crippen LogP contribution < -0.4 is 0 Å². The van der Waals surface area contributed by atoms with Crippen LogP contribution in [0.1, 0.15) is 11.3 Å². The molecule has 0 unspecified atom stereocenters. The Morgan fingerprint density at radius 2 is 2.12 bits per heavy atom. The van der Waals surface area contributed by atoms with Crippen molar-refractivity contribution in [3.8, 4) is 0 Å². The highest BCUT2D eigenvalue weighted by Crippen LogP contribution is 2.25. The number of ether oxygens (including phenoxy) is 1. The van der Waals surface area contributed by atoms with Crippen molar-refractivity contribution in [3.05, 3.63) is 64.4 Å². The van der Waals surface area contributed by atoms with E-state index in [1.54, 1.807) is 6.07 Å². The van der Waals surface area contributed by atoms with E-state index in [9.17, 15) is 18.5 Å². The molecular weight excluding hydrogens is 336 g/mol. The number of hydrogen-bond donors (Lipinski definition) is 0. The van der Waals surface area contributed by atoms with Crippen molar-refractivity contribution >= 4 is 21.5 Å². The maximum Gasteiger partial charge on any atom is 0.308 e. The number of imidazole rings is 1. The van der Waals surface area contributed by atoms with Crippen molar-refractivity contribution < 1.29 is 18.1 Å². The minimum absolute atomic E-state index is 0.0881. The lowest BCUT2D eigenvalue weighted by Crippen LogP contribution is -2.27. The Labute approximate surface area is 139 Å². The van der Waals surface area contributed by atoms with Gasteiger partial charge in [-0.25, -0.2) is 8.96 Å². The van der Waals surface area contributed by atoms with E-state index in [1.165, 1.54) is 51.9 Å². The monoisotopic (exact) mass is 352 g/mol. The van der Waals surface area contributed by atoms with E-state index in [1.807, 2.05) is 0 Å². The molecule has 1 aromatic heterocycles. The zero-order chi connectivity index (χ0) is 17.9. The van der Waals surface area contributed by atoms with Gasteiger partial charge in [-0.15, -0.1) is 0 Å². The maximum absolute atomic E-state index is 12.1. The molecule has 24 heavy (non-hydrogen) atoms. The second kappa shape index (κ2) is 6.81. The Kier molecular flexibility index (Phi) is 5.00. The lowest BCUT2D eigenvalue weighted by molar-refractivity contribution is -0.384. The van der Waals surface area contributed by atoms with E-state index in [-0.39, 0.29) is 5.69 Å². The van der Waals surface area contributed by atoms with Gasteiger partial charge in [-0.05, 0) is 5.56 Å². The average Bonchev–Trinajstić information content (AvgIpc) is 3.02. The Bertz CT molecular complexity index is 886. The van der Waals surface area contributed by atoms with Crippen LogP contribution in [0.5, 0.6) is 0 Å². The van der Waals surface area contributed by atoms with Gasteiger partial charge < -0.3 is 4.74 Å². The Morgan fingerprint density at radius 3 is 2.71 bits per heavy atom. The maximum atomic E-state index is 12.1. The van der Waals surface area contributed by atoms with Crippen LogP contribution in [0.3, 0.4) is 0 Å². The first kappa shape index (κ1) is 17.6. The minimum atomic E-state index is -3.70. The highest BCUT2D eigenvalue weighted by Gasteiger charge is 2.19. The van der Waals surface area contributed by atoms with Crippen molar-refractivity contribution in [2.24, 2.45) is 0 Å². The largest absolute Gasteiger partial charge is 0.504 e. The molecule has 128 valence electrons. The van der Waals surface area contributed by atoms with Gasteiger partial charge in [0.1, 0.15) is 6.33 Å². The number of methoxy groups -OCH3 is 1. The SMILES string of the molecule is COC=C(c1cccc([N+](=O)[O-])c1)c1cn(S(=O)(=O)N(C)C)cn1. The molecule has 0 bridgehead atoms. The number of nitrogens with zero attached hydrogens (tertiary/aromatic N) is 4. The van der Waals surface area contributed by atoms with Gasteiger partial charge >= 0.3 is 10.2 Å². The molecule has 1 heterocycles. The summed E-state index contributed by atoms with van der Waals surface area (Å²) in [6, 6.07) is 5.91. The van der Waals surface area contributed by atoms with Crippen molar-refractivity contribution in [1.82, 2.24) is 13.3 Å². The van der Waals surface area contributed by atoms with E-state index in [2.05, 4.69) is 4.98 Å². The standard InChI is InChI=1S/C14H16N4O5S/c1-16(2)24(21,22)17-8-14(15-10-17)13(9-23-3)11-5-4-6-12(7-11)18(19)20/h4-10H,1-3H3. The van der Waals surface area contributed by atoms with Gasteiger partial charge in [0, 0.05) is 38.0 Å². The molecule has 2 rings (SSSR count). The predicted octanol–water partition coefficient (Wildman–Crippen LogP) is 1.48. The Hall–Kier alpha value is -2.72. The summed E-state index contributed by atoms with van der Waals surface area (Å²) in [4.78, 5) is 14.5. The van der Waals surface area contributed by atoms with E-state index in [0.29, 0.717) is 16.8 Å². The summed E-state index contributed by atoms with van der Waals surface area (Å²) in [6.45, 7) is 0. The first-order chi connectivity index (χ1) is 11.3. The summed E-state index contributed by atoms with van der Waals surface area (Å²) in [7, 11) is 0.533. The number of benzene rings is 1. The molecule has 0 aliphatic heterocycles. The minimum Gasteiger partial charge on any atom is -0.504 e. The zero-order valence-corrected chi connectivity index (χ0v) is 14.1. The first-order valence-corrected chi connectivity index (χ1v) is 8.12. The fraction of sp³-hybridized carbons (Fsp3) is 0.214. The lowest BCUT2D eigenvalue weighted by atomic mass is 10.0. The molecule has 0 amide bonds. The van der Waals surface area contributed by atoms with Crippen molar-refractivity contribution in [2.75, 3.05) is 21.2 Å². The van der Waals surface area contributed by atoms with Gasteiger partial charge in [-0.1, -0.05) is 12.1 Å². The molecule has 0 aliphatic rings. The van der Waals surface area contributed by atoms with E-state index >= 15 is 0 Å². The molecular formula is C14H16N4O5S. The van der Waals surface area contributed by atoms with Crippen LogP contribution in [0, 0.1) is 10.1 Å². The molecule has 0 N–H and O–H groups in total. The third-order valence-corrected chi connectivity index (χ3v) is 4.82. The van der Waals surface area contributed by atoms with Crippen LogP contribution in [0.15, 0.2) is 43.1 Å². The number of non-ortho nitro benzene ring substituents is 1.